The molecule has 0 bridgehead atoms. The van der Waals surface area contributed by atoms with Crippen LogP contribution in [0.4, 0.5) is 0 Å². The molecule has 0 radical (unpaired) electrons. The molecule has 0 aromatic heterocycles. The Morgan fingerprint density at radius 1 is 0.872 bits per heavy atom. The highest BCUT2D eigenvalue weighted by molar-refractivity contribution is 7.99. The van der Waals surface area contributed by atoms with E-state index in [9.17, 15) is 24.0 Å². The van der Waals surface area contributed by atoms with Crippen LogP contribution < -0.4 is 16.4 Å². The van der Waals surface area contributed by atoms with Crippen LogP contribution in [-0.2, 0) is 25.6 Å². The maximum absolute atomic E-state index is 12.5. The number of carbonyl (C=O) groups excluding carboxylic acids is 3. The lowest BCUT2D eigenvalue weighted by atomic mass is 10.0. The van der Waals surface area contributed by atoms with Crippen molar-refractivity contribution in [3.8, 4) is 0 Å². The number of ketones is 1. The van der Waals surface area contributed by atoms with E-state index in [1.165, 1.54) is 11.8 Å². The van der Waals surface area contributed by atoms with Crippen LogP contribution in [0.25, 0.3) is 0 Å². The molecule has 2 aromatic carbocycles. The molecule has 0 aliphatic rings. The maximum Gasteiger partial charge on any atom is 0.322 e. The number of benzene rings is 2. The number of hydrogen-bond donors (Lipinski definition) is 5. The number of nitrogens with one attached hydrogen (secondary N) is 2. The highest BCUT2D eigenvalue weighted by Gasteiger charge is 2.22. The molecule has 0 aliphatic carbocycles. The van der Waals surface area contributed by atoms with Crippen LogP contribution in [0.5, 0.6) is 0 Å². The molecule has 6 N–H and O–H groups in total. The van der Waals surface area contributed by atoms with Crippen molar-refractivity contribution in [2.45, 2.75) is 50.6 Å². The standard InChI is InChI=1S/C28H35N3O7S/c29-22(28(37)38)14-15-24(32)31-23(27(36)30-17-25(33)34)18-39-16-6-2-3-7-19-10-12-21(13-11-19)26(35)20-8-4-1-5-9-20/h1,4-5,8-13,22-23H,2-3,6-7,14-18,29H2,(H,30,36)(H,31,32)(H,33,34)(H,37,38)/t22-,23-/m0/s1. The van der Waals surface area contributed by atoms with Crippen LogP contribution in [0.1, 0.15) is 53.6 Å². The van der Waals surface area contributed by atoms with Gasteiger partial charge in [0, 0.05) is 23.3 Å². The molecule has 2 amide bonds. The van der Waals surface area contributed by atoms with E-state index >= 15 is 0 Å². The summed E-state index contributed by atoms with van der Waals surface area (Å²) in [6, 6.07) is 14.7. The molecule has 2 atom stereocenters. The third-order valence-corrected chi connectivity index (χ3v) is 7.00. The van der Waals surface area contributed by atoms with E-state index in [2.05, 4.69) is 10.6 Å². The number of aryl methyl sites for hydroxylation is 1. The number of amides is 2. The molecular formula is C28H35N3O7S. The number of carboxylic acid groups (broad SMARTS) is 2. The predicted molar refractivity (Wildman–Crippen MR) is 149 cm³/mol. The van der Waals surface area contributed by atoms with Crippen molar-refractivity contribution in [1.82, 2.24) is 10.6 Å². The molecule has 0 aliphatic heterocycles. The summed E-state index contributed by atoms with van der Waals surface area (Å²) in [4.78, 5) is 58.6. The van der Waals surface area contributed by atoms with Gasteiger partial charge < -0.3 is 26.6 Å². The van der Waals surface area contributed by atoms with Crippen molar-refractivity contribution in [2.75, 3.05) is 18.1 Å². The quantitative estimate of drug-likeness (QED) is 0.136. The average Bonchev–Trinajstić information content (AvgIpc) is 2.93. The zero-order valence-electron chi connectivity index (χ0n) is 21.6. The Morgan fingerprint density at radius 3 is 2.18 bits per heavy atom. The van der Waals surface area contributed by atoms with Gasteiger partial charge in [-0.05, 0) is 37.0 Å². The summed E-state index contributed by atoms with van der Waals surface area (Å²) in [6.45, 7) is -0.568. The van der Waals surface area contributed by atoms with Crippen molar-refractivity contribution in [2.24, 2.45) is 5.73 Å². The van der Waals surface area contributed by atoms with Gasteiger partial charge in [0.25, 0.3) is 0 Å². The lowest BCUT2D eigenvalue weighted by Gasteiger charge is -2.18. The predicted octanol–water partition coefficient (Wildman–Crippen LogP) is 2.24. The van der Waals surface area contributed by atoms with Crippen LogP contribution in [0.2, 0.25) is 0 Å². The Hall–Kier alpha value is -3.70. The summed E-state index contributed by atoms with van der Waals surface area (Å²) in [5, 5.41) is 22.4. The lowest BCUT2D eigenvalue weighted by Crippen LogP contribution is -2.49. The summed E-state index contributed by atoms with van der Waals surface area (Å²) < 4.78 is 0. The molecule has 11 heteroatoms. The van der Waals surface area contributed by atoms with Crippen molar-refractivity contribution in [3.05, 3.63) is 71.3 Å². The molecule has 2 aromatic rings. The summed E-state index contributed by atoms with van der Waals surface area (Å²) in [6.07, 6.45) is 3.42. The largest absolute Gasteiger partial charge is 0.480 e. The fourth-order valence-corrected chi connectivity index (χ4v) is 4.68. The first-order chi connectivity index (χ1) is 18.7. The minimum Gasteiger partial charge on any atom is -0.480 e. The Bertz CT molecular complexity index is 1110. The Kier molecular flexibility index (Phi) is 13.7. The Labute approximate surface area is 231 Å². The third kappa shape index (κ3) is 12.1. The smallest absolute Gasteiger partial charge is 0.322 e. The maximum atomic E-state index is 12.5. The average molecular weight is 558 g/mol. The number of thioether (sulfide) groups is 1. The summed E-state index contributed by atoms with van der Waals surface area (Å²) in [7, 11) is 0. The zero-order chi connectivity index (χ0) is 28.6. The molecule has 0 saturated heterocycles. The molecule has 10 nitrogen and oxygen atoms in total. The number of hydrogen-bond acceptors (Lipinski definition) is 7. The van der Waals surface area contributed by atoms with Gasteiger partial charge in [-0.25, -0.2) is 0 Å². The van der Waals surface area contributed by atoms with E-state index in [1.54, 1.807) is 12.1 Å². The van der Waals surface area contributed by atoms with E-state index < -0.39 is 42.4 Å². The molecule has 39 heavy (non-hydrogen) atoms. The first-order valence-electron chi connectivity index (χ1n) is 12.7. The molecule has 0 spiro atoms. The zero-order valence-corrected chi connectivity index (χ0v) is 22.5. The normalized spacial score (nSPS) is 12.2. The van der Waals surface area contributed by atoms with Gasteiger partial charge in [-0.2, -0.15) is 11.8 Å². The first kappa shape index (κ1) is 31.5. The first-order valence-corrected chi connectivity index (χ1v) is 13.9. The fourth-order valence-electron chi connectivity index (χ4n) is 3.64. The topological polar surface area (TPSA) is 176 Å². The van der Waals surface area contributed by atoms with Gasteiger partial charge in [0.15, 0.2) is 5.78 Å². The van der Waals surface area contributed by atoms with Gasteiger partial charge >= 0.3 is 11.9 Å². The SMILES string of the molecule is N[C@@H](CCC(=O)N[C@@H](CSCCCCCc1ccc(C(=O)c2ccccc2)cc1)C(=O)NCC(=O)O)C(=O)O. The number of carbonyl (C=O) groups is 5. The molecule has 0 unspecified atom stereocenters. The second kappa shape index (κ2) is 17.0. The summed E-state index contributed by atoms with van der Waals surface area (Å²) in [5.41, 5.74) is 7.87. The molecule has 0 saturated carbocycles. The van der Waals surface area contributed by atoms with Gasteiger partial charge in [0.2, 0.25) is 11.8 Å². The van der Waals surface area contributed by atoms with Gasteiger partial charge in [-0.3, -0.25) is 24.0 Å². The Balaban J connectivity index is 1.72. The number of aliphatic carboxylic acids is 2. The molecule has 2 rings (SSSR count). The van der Waals surface area contributed by atoms with E-state index in [-0.39, 0.29) is 24.4 Å². The van der Waals surface area contributed by atoms with Crippen LogP contribution >= 0.6 is 11.8 Å². The minimum absolute atomic E-state index is 0.00542. The lowest BCUT2D eigenvalue weighted by molar-refractivity contribution is -0.139. The van der Waals surface area contributed by atoms with Gasteiger partial charge in [-0.1, -0.05) is 61.0 Å². The highest BCUT2D eigenvalue weighted by atomic mass is 32.2. The van der Waals surface area contributed by atoms with Gasteiger partial charge in [0.1, 0.15) is 18.6 Å². The summed E-state index contributed by atoms with van der Waals surface area (Å²) in [5.74, 6) is -2.58. The molecule has 210 valence electrons. The third-order valence-electron chi connectivity index (χ3n) is 5.86. The van der Waals surface area contributed by atoms with Crippen molar-refractivity contribution in [1.29, 1.82) is 0 Å². The highest BCUT2D eigenvalue weighted by Crippen LogP contribution is 2.14. The second-order valence-corrected chi connectivity index (χ2v) is 10.1. The van der Waals surface area contributed by atoms with E-state index in [0.717, 1.165) is 37.0 Å². The summed E-state index contributed by atoms with van der Waals surface area (Å²) >= 11 is 1.47. The minimum atomic E-state index is -1.22. The van der Waals surface area contributed by atoms with Crippen molar-refractivity contribution in [3.63, 3.8) is 0 Å². The Morgan fingerprint density at radius 2 is 1.54 bits per heavy atom. The van der Waals surface area contributed by atoms with Crippen LogP contribution in [0, 0.1) is 0 Å². The van der Waals surface area contributed by atoms with E-state index in [0.29, 0.717) is 11.1 Å². The number of rotatable bonds is 18. The molecule has 0 fully saturated rings. The van der Waals surface area contributed by atoms with Crippen molar-refractivity contribution >= 4 is 41.3 Å². The monoisotopic (exact) mass is 557 g/mol. The number of nitrogens with two attached hydrogens (primary N) is 1. The van der Waals surface area contributed by atoms with Crippen LogP contribution in [0.3, 0.4) is 0 Å². The molecular weight excluding hydrogens is 522 g/mol. The van der Waals surface area contributed by atoms with E-state index in [1.807, 2.05) is 42.5 Å². The van der Waals surface area contributed by atoms with Gasteiger partial charge in [0.05, 0.1) is 0 Å². The van der Waals surface area contributed by atoms with Crippen LogP contribution in [0.15, 0.2) is 54.6 Å². The fraction of sp³-hybridized carbons (Fsp3) is 0.393. The second-order valence-electron chi connectivity index (χ2n) is 8.99. The van der Waals surface area contributed by atoms with Crippen molar-refractivity contribution < 1.29 is 34.2 Å². The molecule has 0 heterocycles. The van der Waals surface area contributed by atoms with Crippen LogP contribution in [-0.4, -0.2) is 69.9 Å². The van der Waals surface area contributed by atoms with Gasteiger partial charge in [-0.15, -0.1) is 0 Å². The van der Waals surface area contributed by atoms with E-state index in [4.69, 9.17) is 15.9 Å². The number of unbranched alkanes of at least 4 members (excludes halogenated alkanes) is 2. The number of carboxylic acids is 2.